The third-order valence-electron chi connectivity index (χ3n) is 4.19. The first-order valence-corrected chi connectivity index (χ1v) is 8.21. The number of nitrogens with zero attached hydrogens (tertiary/aromatic N) is 2. The number of hydrogen-bond donors (Lipinski definition) is 1. The van der Waals surface area contributed by atoms with Crippen molar-refractivity contribution >= 4 is 0 Å². The van der Waals surface area contributed by atoms with Gasteiger partial charge in [0.15, 0.2) is 11.6 Å². The Kier molecular flexibility index (Phi) is 5.23. The summed E-state index contributed by atoms with van der Waals surface area (Å²) in [4.78, 5) is 17.5. The first-order chi connectivity index (χ1) is 12.5. The Bertz CT molecular complexity index is 985. The van der Waals surface area contributed by atoms with Gasteiger partial charge in [-0.05, 0) is 24.6 Å². The summed E-state index contributed by atoms with van der Waals surface area (Å²) in [6.07, 6.45) is 0.185. The van der Waals surface area contributed by atoms with E-state index in [0.29, 0.717) is 22.6 Å². The van der Waals surface area contributed by atoms with E-state index in [2.05, 4.69) is 4.98 Å². The molecule has 0 atom stereocenters. The smallest absolute Gasteiger partial charge is 0.257 e. The van der Waals surface area contributed by atoms with Crippen molar-refractivity contribution in [3.8, 4) is 11.4 Å². The molecule has 0 spiro atoms. The molecule has 0 saturated heterocycles. The summed E-state index contributed by atoms with van der Waals surface area (Å²) in [6, 6.07) is 12.7. The number of benzene rings is 2. The predicted molar refractivity (Wildman–Crippen MR) is 94.9 cm³/mol. The van der Waals surface area contributed by atoms with Crippen molar-refractivity contribution in [2.45, 2.75) is 19.9 Å². The van der Waals surface area contributed by atoms with Crippen LogP contribution in [-0.2, 0) is 13.0 Å². The zero-order valence-corrected chi connectivity index (χ0v) is 14.2. The Morgan fingerprint density at radius 3 is 2.46 bits per heavy atom. The highest BCUT2D eigenvalue weighted by Crippen LogP contribution is 2.19. The van der Waals surface area contributed by atoms with Crippen molar-refractivity contribution in [3.63, 3.8) is 0 Å². The molecule has 2 aromatic carbocycles. The molecule has 0 radical (unpaired) electrons. The fourth-order valence-corrected chi connectivity index (χ4v) is 2.88. The second-order valence-electron chi connectivity index (χ2n) is 5.98. The quantitative estimate of drug-likeness (QED) is 0.764. The Hall–Kier alpha value is -2.86. The number of aliphatic hydroxyl groups is 1. The fraction of sp³-hybridized carbons (Fsp3) is 0.200. The van der Waals surface area contributed by atoms with Crippen molar-refractivity contribution in [1.82, 2.24) is 9.55 Å². The molecule has 0 unspecified atom stereocenters. The Morgan fingerprint density at radius 2 is 1.81 bits per heavy atom. The topological polar surface area (TPSA) is 55.1 Å². The van der Waals surface area contributed by atoms with Crippen LogP contribution < -0.4 is 5.56 Å². The van der Waals surface area contributed by atoms with Gasteiger partial charge >= 0.3 is 0 Å². The van der Waals surface area contributed by atoms with E-state index >= 15 is 0 Å². The van der Waals surface area contributed by atoms with E-state index in [1.165, 1.54) is 10.6 Å². The lowest BCUT2D eigenvalue weighted by Gasteiger charge is -2.16. The van der Waals surface area contributed by atoms with Crippen LogP contribution in [0.5, 0.6) is 0 Å². The maximum Gasteiger partial charge on any atom is 0.257 e. The molecule has 26 heavy (non-hydrogen) atoms. The van der Waals surface area contributed by atoms with Crippen molar-refractivity contribution < 1.29 is 13.9 Å². The molecule has 0 aliphatic carbocycles. The molecule has 1 heterocycles. The summed E-state index contributed by atoms with van der Waals surface area (Å²) in [5, 5.41) is 9.24. The number of rotatable bonds is 5. The van der Waals surface area contributed by atoms with Gasteiger partial charge in [-0.3, -0.25) is 9.36 Å². The van der Waals surface area contributed by atoms with Crippen LogP contribution in [0.1, 0.15) is 16.8 Å². The molecule has 3 rings (SSSR count). The Labute approximate surface area is 149 Å². The lowest BCUT2D eigenvalue weighted by atomic mass is 10.1. The van der Waals surface area contributed by atoms with E-state index in [-0.39, 0.29) is 25.1 Å². The van der Waals surface area contributed by atoms with Crippen LogP contribution in [0.25, 0.3) is 11.4 Å². The van der Waals surface area contributed by atoms with E-state index in [0.717, 1.165) is 17.7 Å². The average molecular weight is 356 g/mol. The molecule has 0 aliphatic rings. The van der Waals surface area contributed by atoms with Gasteiger partial charge in [-0.25, -0.2) is 13.8 Å². The normalized spacial score (nSPS) is 10.9. The van der Waals surface area contributed by atoms with Gasteiger partial charge in [0.05, 0.1) is 6.54 Å². The molecule has 0 fully saturated rings. The second kappa shape index (κ2) is 7.58. The van der Waals surface area contributed by atoms with E-state index in [1.807, 2.05) is 30.3 Å². The molecule has 4 nitrogen and oxygen atoms in total. The first-order valence-electron chi connectivity index (χ1n) is 8.21. The van der Waals surface area contributed by atoms with Crippen LogP contribution in [0.2, 0.25) is 0 Å². The van der Waals surface area contributed by atoms with Gasteiger partial charge in [0.1, 0.15) is 5.82 Å². The summed E-state index contributed by atoms with van der Waals surface area (Å²) in [6.45, 7) is 1.60. The van der Waals surface area contributed by atoms with Gasteiger partial charge in [-0.2, -0.15) is 0 Å². The molecule has 134 valence electrons. The highest BCUT2D eigenvalue weighted by Gasteiger charge is 2.16. The van der Waals surface area contributed by atoms with Gasteiger partial charge in [0.2, 0.25) is 0 Å². The lowest BCUT2D eigenvalue weighted by Crippen LogP contribution is -2.29. The maximum atomic E-state index is 13.6. The molecule has 1 N–H and O–H groups in total. The van der Waals surface area contributed by atoms with Crippen LogP contribution in [0.4, 0.5) is 8.78 Å². The number of aryl methyl sites for hydroxylation is 1. The zero-order chi connectivity index (χ0) is 18.7. The van der Waals surface area contributed by atoms with Crippen LogP contribution in [-0.4, -0.2) is 21.3 Å². The highest BCUT2D eigenvalue weighted by atomic mass is 19.2. The van der Waals surface area contributed by atoms with Crippen molar-refractivity contribution in [2.24, 2.45) is 0 Å². The van der Waals surface area contributed by atoms with Crippen molar-refractivity contribution in [2.75, 3.05) is 6.61 Å². The molecular weight excluding hydrogens is 338 g/mol. The predicted octanol–water partition coefficient (Wildman–Crippen LogP) is 3.08. The van der Waals surface area contributed by atoms with E-state index in [4.69, 9.17) is 0 Å². The number of hydrogen-bond acceptors (Lipinski definition) is 3. The molecule has 0 aliphatic heterocycles. The largest absolute Gasteiger partial charge is 0.396 e. The number of aromatic nitrogens is 2. The van der Waals surface area contributed by atoms with Crippen LogP contribution >= 0.6 is 0 Å². The van der Waals surface area contributed by atoms with Crippen LogP contribution in [0, 0.1) is 18.6 Å². The average Bonchev–Trinajstić information content (AvgIpc) is 2.64. The summed E-state index contributed by atoms with van der Waals surface area (Å²) >= 11 is 0. The van der Waals surface area contributed by atoms with Crippen LogP contribution in [0.15, 0.2) is 53.3 Å². The molecule has 6 heteroatoms. The Morgan fingerprint density at radius 1 is 1.08 bits per heavy atom. The maximum absolute atomic E-state index is 13.6. The highest BCUT2D eigenvalue weighted by molar-refractivity contribution is 5.56. The molecule has 1 aromatic heterocycles. The summed E-state index contributed by atoms with van der Waals surface area (Å²) in [5.41, 5.74) is 1.85. The standard InChI is InChI=1S/C20H18F2N2O2/c1-13-16(9-10-25)20(26)24(12-14-7-8-17(21)18(22)11-14)19(23-13)15-5-3-2-4-6-15/h2-8,11,25H,9-10,12H2,1H3. The second-order valence-corrected chi connectivity index (χ2v) is 5.98. The minimum absolute atomic E-state index is 0.0476. The van der Waals surface area contributed by atoms with Gasteiger partial charge in [-0.15, -0.1) is 0 Å². The van der Waals surface area contributed by atoms with E-state index in [9.17, 15) is 18.7 Å². The lowest BCUT2D eigenvalue weighted by molar-refractivity contribution is 0.298. The summed E-state index contributed by atoms with van der Waals surface area (Å²) in [5.74, 6) is -1.46. The van der Waals surface area contributed by atoms with E-state index < -0.39 is 11.6 Å². The van der Waals surface area contributed by atoms with Gasteiger partial charge in [-0.1, -0.05) is 36.4 Å². The molecule has 0 amide bonds. The SMILES string of the molecule is Cc1nc(-c2ccccc2)n(Cc2ccc(F)c(F)c2)c(=O)c1CCO. The van der Waals surface area contributed by atoms with Gasteiger partial charge < -0.3 is 5.11 Å². The first kappa shape index (κ1) is 17.9. The molecule has 0 bridgehead atoms. The molecular formula is C20H18F2N2O2. The third kappa shape index (κ3) is 3.55. The van der Waals surface area contributed by atoms with Crippen molar-refractivity contribution in [1.29, 1.82) is 0 Å². The van der Waals surface area contributed by atoms with Gasteiger partial charge in [0.25, 0.3) is 5.56 Å². The Balaban J connectivity index is 2.18. The minimum Gasteiger partial charge on any atom is -0.396 e. The zero-order valence-electron chi connectivity index (χ0n) is 14.2. The minimum atomic E-state index is -0.965. The number of halogens is 2. The van der Waals surface area contributed by atoms with Gasteiger partial charge in [0, 0.05) is 29.8 Å². The summed E-state index contributed by atoms with van der Waals surface area (Å²) in [7, 11) is 0. The van der Waals surface area contributed by atoms with Crippen LogP contribution in [0.3, 0.4) is 0 Å². The number of aliphatic hydroxyl groups excluding tert-OH is 1. The van der Waals surface area contributed by atoms with E-state index in [1.54, 1.807) is 6.92 Å². The molecule has 3 aromatic rings. The van der Waals surface area contributed by atoms with Crippen molar-refractivity contribution in [3.05, 3.63) is 87.3 Å². The molecule has 0 saturated carbocycles. The third-order valence-corrected chi connectivity index (χ3v) is 4.19. The fourth-order valence-electron chi connectivity index (χ4n) is 2.88. The monoisotopic (exact) mass is 356 g/mol. The summed E-state index contributed by atoms with van der Waals surface area (Å²) < 4.78 is 28.2.